The Morgan fingerprint density at radius 1 is 1.40 bits per heavy atom. The van der Waals surface area contributed by atoms with Gasteiger partial charge in [0.05, 0.1) is 17.5 Å². The van der Waals surface area contributed by atoms with Crippen LogP contribution >= 0.6 is 0 Å². The van der Waals surface area contributed by atoms with E-state index in [-0.39, 0.29) is 18.5 Å². The highest BCUT2D eigenvalue weighted by molar-refractivity contribution is 5.92. The van der Waals surface area contributed by atoms with Crippen molar-refractivity contribution in [2.75, 3.05) is 11.9 Å². The summed E-state index contributed by atoms with van der Waals surface area (Å²) < 4.78 is 5.28. The number of carbonyl (C=O) groups is 1. The summed E-state index contributed by atoms with van der Waals surface area (Å²) in [4.78, 5) is 11.9. The van der Waals surface area contributed by atoms with Crippen molar-refractivity contribution in [1.29, 1.82) is 5.26 Å². The third kappa shape index (κ3) is 3.46. The van der Waals surface area contributed by atoms with E-state index in [2.05, 4.69) is 5.32 Å². The van der Waals surface area contributed by atoms with Crippen molar-refractivity contribution in [2.45, 2.75) is 13.0 Å². The Morgan fingerprint density at radius 3 is 2.90 bits per heavy atom. The van der Waals surface area contributed by atoms with Gasteiger partial charge in [-0.15, -0.1) is 0 Å². The van der Waals surface area contributed by atoms with Crippen LogP contribution in [0.5, 0.6) is 0 Å². The van der Waals surface area contributed by atoms with Crippen LogP contribution in [0.25, 0.3) is 0 Å². The second kappa shape index (κ2) is 6.55. The molecule has 1 heterocycles. The fourth-order valence-corrected chi connectivity index (χ4v) is 1.84. The first-order valence-electron chi connectivity index (χ1n) is 6.36. The molecule has 5 heteroatoms. The molecule has 2 aromatic rings. The van der Waals surface area contributed by atoms with Crippen LogP contribution in [-0.2, 0) is 4.79 Å². The smallest absolute Gasteiger partial charge is 0.279 e. The van der Waals surface area contributed by atoms with Crippen LogP contribution in [0.4, 0.5) is 5.69 Å². The number of hydrogen-bond donors (Lipinski definition) is 2. The molecule has 0 saturated carbocycles. The number of rotatable bonds is 5. The third-order valence-electron chi connectivity index (χ3n) is 2.97. The van der Waals surface area contributed by atoms with Crippen LogP contribution < -0.4 is 10.6 Å². The van der Waals surface area contributed by atoms with Gasteiger partial charge >= 0.3 is 0 Å². The number of nitrogens with one attached hydrogen (secondary N) is 1. The number of furan rings is 1. The van der Waals surface area contributed by atoms with Crippen LogP contribution in [0.1, 0.15) is 24.3 Å². The number of hydrogen-bond acceptors (Lipinski definition) is 3. The topological polar surface area (TPSA) is 82.6 Å². The largest absolute Gasteiger partial charge is 0.463 e. The van der Waals surface area contributed by atoms with E-state index in [9.17, 15) is 4.79 Å². The van der Waals surface area contributed by atoms with Gasteiger partial charge in [-0.05, 0) is 31.2 Å². The summed E-state index contributed by atoms with van der Waals surface area (Å²) in [6.45, 7) is 2.23. The molecular weight excluding hydrogens is 254 g/mol. The molecule has 1 atom stereocenters. The predicted molar refractivity (Wildman–Crippen MR) is 73.7 cm³/mol. The fourth-order valence-electron chi connectivity index (χ4n) is 1.84. The molecule has 0 unspecified atom stereocenters. The first kappa shape index (κ1) is 13.8. The summed E-state index contributed by atoms with van der Waals surface area (Å²) >= 11 is 0. The Labute approximate surface area is 117 Å². The van der Waals surface area contributed by atoms with Gasteiger partial charge in [0.15, 0.2) is 12.3 Å². The molecule has 0 saturated heterocycles. The maximum Gasteiger partial charge on any atom is 0.279 e. The minimum Gasteiger partial charge on any atom is -0.463 e. The van der Waals surface area contributed by atoms with Gasteiger partial charge in [0.2, 0.25) is 0 Å². The van der Waals surface area contributed by atoms with Crippen molar-refractivity contribution in [3.05, 3.63) is 54.0 Å². The van der Waals surface area contributed by atoms with E-state index < -0.39 is 0 Å². The highest BCUT2D eigenvalue weighted by Gasteiger charge is 2.14. The van der Waals surface area contributed by atoms with Crippen molar-refractivity contribution < 1.29 is 14.5 Å². The molecule has 0 aliphatic rings. The number of nitrogens with two attached hydrogens (primary N) is 1. The molecular formula is C15H16N3O2+. The zero-order valence-electron chi connectivity index (χ0n) is 11.2. The van der Waals surface area contributed by atoms with Gasteiger partial charge in [-0.3, -0.25) is 4.79 Å². The van der Waals surface area contributed by atoms with Gasteiger partial charge in [0.25, 0.3) is 5.91 Å². The quantitative estimate of drug-likeness (QED) is 0.861. The SMILES string of the molecule is C[C@H]([NH2+]CC(=O)Nc1ccccc1C#N)c1ccco1. The molecule has 0 aliphatic heterocycles. The second-order valence-corrected chi connectivity index (χ2v) is 4.45. The molecule has 0 bridgehead atoms. The van der Waals surface area contributed by atoms with Gasteiger partial charge in [0.1, 0.15) is 12.1 Å². The Balaban J connectivity index is 1.88. The molecule has 1 aromatic carbocycles. The summed E-state index contributed by atoms with van der Waals surface area (Å²) in [5.41, 5.74) is 0.999. The van der Waals surface area contributed by atoms with Gasteiger partial charge in [-0.1, -0.05) is 12.1 Å². The number of benzene rings is 1. The van der Waals surface area contributed by atoms with Crippen molar-refractivity contribution in [2.24, 2.45) is 0 Å². The van der Waals surface area contributed by atoms with Crippen molar-refractivity contribution in [1.82, 2.24) is 0 Å². The number of carbonyl (C=O) groups excluding carboxylic acids is 1. The first-order chi connectivity index (χ1) is 9.70. The van der Waals surface area contributed by atoms with Crippen molar-refractivity contribution in [3.63, 3.8) is 0 Å². The Morgan fingerprint density at radius 2 is 2.20 bits per heavy atom. The molecule has 0 radical (unpaired) electrons. The zero-order chi connectivity index (χ0) is 14.4. The lowest BCUT2D eigenvalue weighted by Gasteiger charge is -2.09. The van der Waals surface area contributed by atoms with Gasteiger partial charge < -0.3 is 15.1 Å². The van der Waals surface area contributed by atoms with Crippen LogP contribution in [0.2, 0.25) is 0 Å². The molecule has 0 spiro atoms. The standard InChI is InChI=1S/C15H15N3O2/c1-11(14-7-4-8-20-14)17-10-15(19)18-13-6-3-2-5-12(13)9-16/h2-8,11,17H,10H2,1H3,(H,18,19)/p+1/t11-/m0/s1. The van der Waals surface area contributed by atoms with E-state index in [1.807, 2.05) is 30.4 Å². The fraction of sp³-hybridized carbons (Fsp3) is 0.200. The Kier molecular flexibility index (Phi) is 4.53. The Bertz CT molecular complexity index is 614. The lowest BCUT2D eigenvalue weighted by molar-refractivity contribution is -0.684. The molecule has 102 valence electrons. The average Bonchev–Trinajstić information content (AvgIpc) is 2.99. The van der Waals surface area contributed by atoms with Crippen LogP contribution in [0, 0.1) is 11.3 Å². The minimum absolute atomic E-state index is 0.0713. The summed E-state index contributed by atoms with van der Waals surface area (Å²) in [6.07, 6.45) is 1.61. The maximum absolute atomic E-state index is 11.9. The Hall–Kier alpha value is -2.58. The van der Waals surface area contributed by atoms with E-state index in [0.717, 1.165) is 5.76 Å². The number of quaternary nitrogens is 1. The van der Waals surface area contributed by atoms with E-state index in [0.29, 0.717) is 11.3 Å². The molecule has 3 N–H and O–H groups in total. The molecule has 1 aromatic heterocycles. The van der Waals surface area contributed by atoms with E-state index >= 15 is 0 Å². The average molecular weight is 270 g/mol. The number of para-hydroxylation sites is 1. The summed E-state index contributed by atoms with van der Waals surface area (Å²) in [7, 11) is 0. The first-order valence-corrected chi connectivity index (χ1v) is 6.36. The minimum atomic E-state index is -0.147. The molecule has 0 aliphatic carbocycles. The molecule has 2 rings (SSSR count). The van der Waals surface area contributed by atoms with Crippen LogP contribution in [-0.4, -0.2) is 12.5 Å². The van der Waals surface area contributed by atoms with Gasteiger partial charge in [0, 0.05) is 0 Å². The van der Waals surface area contributed by atoms with E-state index in [4.69, 9.17) is 9.68 Å². The molecule has 0 fully saturated rings. The summed E-state index contributed by atoms with van der Waals surface area (Å²) in [5, 5.41) is 13.6. The van der Waals surface area contributed by atoms with Crippen LogP contribution in [0.3, 0.4) is 0 Å². The highest BCUT2D eigenvalue weighted by atomic mass is 16.3. The van der Waals surface area contributed by atoms with Crippen molar-refractivity contribution in [3.8, 4) is 6.07 Å². The summed E-state index contributed by atoms with van der Waals surface area (Å²) in [5.74, 6) is 0.682. The maximum atomic E-state index is 11.9. The summed E-state index contributed by atoms with van der Waals surface area (Å²) in [6, 6.07) is 12.8. The van der Waals surface area contributed by atoms with Crippen LogP contribution in [0.15, 0.2) is 47.1 Å². The number of nitrogens with zero attached hydrogens (tertiary/aromatic N) is 1. The molecule has 1 amide bonds. The zero-order valence-corrected chi connectivity index (χ0v) is 11.2. The van der Waals surface area contributed by atoms with E-state index in [1.165, 1.54) is 0 Å². The molecule has 20 heavy (non-hydrogen) atoms. The predicted octanol–water partition coefficient (Wildman–Crippen LogP) is 1.41. The van der Waals surface area contributed by atoms with E-state index in [1.54, 1.807) is 30.5 Å². The second-order valence-electron chi connectivity index (χ2n) is 4.45. The highest BCUT2D eigenvalue weighted by Crippen LogP contribution is 2.13. The number of anilines is 1. The number of nitriles is 1. The monoisotopic (exact) mass is 270 g/mol. The normalized spacial score (nSPS) is 11.6. The van der Waals surface area contributed by atoms with Gasteiger partial charge in [-0.25, -0.2) is 0 Å². The third-order valence-corrected chi connectivity index (χ3v) is 2.97. The number of amides is 1. The van der Waals surface area contributed by atoms with Gasteiger partial charge in [-0.2, -0.15) is 5.26 Å². The lowest BCUT2D eigenvalue weighted by atomic mass is 10.2. The van der Waals surface area contributed by atoms with Crippen molar-refractivity contribution >= 4 is 11.6 Å². The molecule has 5 nitrogen and oxygen atoms in total. The lowest BCUT2D eigenvalue weighted by Crippen LogP contribution is -2.86.